The Morgan fingerprint density at radius 1 is 0.947 bits per heavy atom. The summed E-state index contributed by atoms with van der Waals surface area (Å²) in [6.07, 6.45) is 5.39. The third-order valence-electron chi connectivity index (χ3n) is 2.21. The van der Waals surface area contributed by atoms with E-state index in [2.05, 4.69) is 79.7 Å². The number of carbonyl (C=O) groups excluding carboxylic acids is 3. The Kier molecular flexibility index (Phi) is 13.1. The van der Waals surface area contributed by atoms with Gasteiger partial charge in [0.2, 0.25) is 0 Å². The third kappa shape index (κ3) is 7.29. The van der Waals surface area contributed by atoms with Crippen LogP contribution >= 0.6 is 0 Å². The second-order valence-corrected chi connectivity index (χ2v) is 4.01. The molecule has 19 heavy (non-hydrogen) atoms. The molecule has 0 spiro atoms. The van der Waals surface area contributed by atoms with Crippen LogP contribution in [-0.2, 0) is 30.4 Å². The Labute approximate surface area is 122 Å². The summed E-state index contributed by atoms with van der Waals surface area (Å²) in [5, 5.41) is 0. The number of rotatable bonds is 1. The summed E-state index contributed by atoms with van der Waals surface area (Å²) in [5.41, 5.74) is 3.91. The molecule has 0 aromatic heterocycles. The van der Waals surface area contributed by atoms with E-state index in [1.165, 1.54) is 21.2 Å². The molecule has 6 radical (unpaired) electrons. The van der Waals surface area contributed by atoms with Crippen LogP contribution in [0.15, 0.2) is 40.9 Å². The van der Waals surface area contributed by atoms with Crippen LogP contribution in [-0.4, -0.2) is 20.4 Å². The van der Waals surface area contributed by atoms with Crippen LogP contribution < -0.4 is 0 Å². The van der Waals surface area contributed by atoms with Crippen LogP contribution in [0.25, 0.3) is 5.57 Å². The molecule has 4 heteroatoms. The van der Waals surface area contributed by atoms with Crippen molar-refractivity contribution in [1.82, 2.24) is 0 Å². The minimum atomic E-state index is 1.00. The van der Waals surface area contributed by atoms with Gasteiger partial charge in [0.1, 0.15) is 0 Å². The van der Waals surface area contributed by atoms with Crippen molar-refractivity contribution in [1.29, 1.82) is 0 Å². The number of allylic oxidation sites excluding steroid dienone is 4. The van der Waals surface area contributed by atoms with Crippen molar-refractivity contribution in [2.75, 3.05) is 0 Å². The fraction of sp³-hybridized carbons (Fsp3) is 0.133. The van der Waals surface area contributed by atoms with Gasteiger partial charge in [-0.05, 0) is 0 Å². The van der Waals surface area contributed by atoms with Gasteiger partial charge < -0.3 is 0 Å². The van der Waals surface area contributed by atoms with Crippen LogP contribution in [0.4, 0.5) is 0 Å². The van der Waals surface area contributed by atoms with Gasteiger partial charge in [0.05, 0.1) is 0 Å². The van der Waals surface area contributed by atoms with Crippen LogP contribution in [0.5, 0.6) is 0 Å². The summed E-state index contributed by atoms with van der Waals surface area (Å²) in [6.45, 7) is 15.6. The van der Waals surface area contributed by atoms with E-state index in [1.807, 2.05) is 0 Å². The maximum atomic E-state index is 7.50. The van der Waals surface area contributed by atoms with Crippen molar-refractivity contribution in [3.8, 4) is 0 Å². The SMILES string of the molecule is Cc1ccc(C2=CC[C]([Fe])=C2)cc1.[C]=O.[C]=O.[C]=O. The van der Waals surface area contributed by atoms with Crippen LogP contribution in [0, 0.1) is 6.92 Å². The summed E-state index contributed by atoms with van der Waals surface area (Å²) in [7, 11) is 0. The summed E-state index contributed by atoms with van der Waals surface area (Å²) in [5.74, 6) is 0. The Bertz CT molecular complexity index is 417. The average Bonchev–Trinajstić information content (AvgIpc) is 2.93. The molecule has 0 heterocycles. The molecule has 3 nitrogen and oxygen atoms in total. The van der Waals surface area contributed by atoms with Gasteiger partial charge >= 0.3 is 86.9 Å². The molecule has 0 fully saturated rings. The van der Waals surface area contributed by atoms with E-state index in [9.17, 15) is 0 Å². The molecule has 1 aromatic rings. The van der Waals surface area contributed by atoms with Crippen molar-refractivity contribution in [3.05, 3.63) is 52.0 Å². The number of hydrogen-bond acceptors (Lipinski definition) is 3. The van der Waals surface area contributed by atoms with Gasteiger partial charge in [-0.2, -0.15) is 0 Å². The topological polar surface area (TPSA) is 51.2 Å². The molecule has 0 saturated heterocycles. The van der Waals surface area contributed by atoms with Crippen molar-refractivity contribution in [2.24, 2.45) is 0 Å². The zero-order valence-electron chi connectivity index (χ0n) is 10.2. The molecule has 0 bridgehead atoms. The molecule has 1 aliphatic carbocycles. The van der Waals surface area contributed by atoms with Crippen molar-refractivity contribution < 1.29 is 30.4 Å². The predicted molar refractivity (Wildman–Crippen MR) is 68.9 cm³/mol. The molecular weight excluding hydrogens is 284 g/mol. The zero-order chi connectivity index (χ0) is 15.3. The van der Waals surface area contributed by atoms with Crippen LogP contribution in [0.1, 0.15) is 17.5 Å². The van der Waals surface area contributed by atoms with Gasteiger partial charge in [0.15, 0.2) is 0 Å². The fourth-order valence-electron chi connectivity index (χ4n) is 1.43. The normalized spacial score (nSPS) is 11.3. The second kappa shape index (κ2) is 12.7. The van der Waals surface area contributed by atoms with Gasteiger partial charge in [0.25, 0.3) is 20.4 Å². The summed E-state index contributed by atoms with van der Waals surface area (Å²) in [6, 6.07) is 8.61. The number of aryl methyl sites for hydroxylation is 1. The van der Waals surface area contributed by atoms with Gasteiger partial charge in [0, 0.05) is 0 Å². The largest absolute Gasteiger partial charge is 0.281 e. The standard InChI is InChI=1S/C12H11.3CO.Fe/c1-10-6-8-12(9-7-10)11-4-2-3-5-11;3*1-2;/h4-9H,2H2,1H3;;;;. The maximum Gasteiger partial charge on any atom is 0.281 e. The molecule has 0 N–H and O–H groups in total. The van der Waals surface area contributed by atoms with E-state index in [-0.39, 0.29) is 0 Å². The smallest absolute Gasteiger partial charge is 0.281 e. The first-order valence-electron chi connectivity index (χ1n) is 4.99. The quantitative estimate of drug-likeness (QED) is 0.745. The molecule has 2 rings (SSSR count). The summed E-state index contributed by atoms with van der Waals surface area (Å²) >= 11 is 3.94. The minimum Gasteiger partial charge on any atom is -0.281 e. The Morgan fingerprint density at radius 3 is 1.79 bits per heavy atom. The molecule has 1 aliphatic rings. The molecule has 0 unspecified atom stereocenters. The van der Waals surface area contributed by atoms with E-state index >= 15 is 0 Å². The van der Waals surface area contributed by atoms with E-state index < -0.39 is 0 Å². The van der Waals surface area contributed by atoms with Crippen molar-refractivity contribution in [3.63, 3.8) is 0 Å². The second-order valence-electron chi connectivity index (χ2n) is 3.31. The third-order valence-corrected chi connectivity index (χ3v) is 2.59. The first kappa shape index (κ1) is 19.6. The molecule has 0 amide bonds. The molecular formula is C15H11FeO3. The van der Waals surface area contributed by atoms with Gasteiger partial charge in [-0.1, -0.05) is 0 Å². The van der Waals surface area contributed by atoms with Gasteiger partial charge in [-0.15, -0.1) is 0 Å². The van der Waals surface area contributed by atoms with Crippen LogP contribution in [0.2, 0.25) is 0 Å². The molecule has 1 aromatic carbocycles. The van der Waals surface area contributed by atoms with Crippen molar-refractivity contribution in [2.45, 2.75) is 13.3 Å². The zero-order valence-corrected chi connectivity index (χ0v) is 11.4. The molecule has 0 atom stereocenters. The Hall–Kier alpha value is -1.77. The predicted octanol–water partition coefficient (Wildman–Crippen LogP) is 2.02. The maximum absolute atomic E-state index is 7.50. The molecule has 97 valence electrons. The van der Waals surface area contributed by atoms with Gasteiger partial charge in [-0.25, -0.2) is 0 Å². The van der Waals surface area contributed by atoms with E-state index in [1.54, 1.807) is 0 Å². The number of hydrogen-bond donors (Lipinski definition) is 0. The van der Waals surface area contributed by atoms with E-state index in [4.69, 9.17) is 14.4 Å². The van der Waals surface area contributed by atoms with Crippen molar-refractivity contribution >= 4 is 25.9 Å². The Balaban J connectivity index is 0. The summed E-state index contributed by atoms with van der Waals surface area (Å²) in [4.78, 5) is 22.5. The average molecular weight is 295 g/mol. The fourth-order valence-corrected chi connectivity index (χ4v) is 1.72. The van der Waals surface area contributed by atoms with Gasteiger partial charge in [-0.3, -0.25) is 14.4 Å². The monoisotopic (exact) mass is 295 g/mol. The van der Waals surface area contributed by atoms with E-state index in [0.717, 1.165) is 6.42 Å². The number of benzene rings is 1. The first-order chi connectivity index (χ1) is 9.25. The Morgan fingerprint density at radius 2 is 1.42 bits per heavy atom. The van der Waals surface area contributed by atoms with E-state index in [0.29, 0.717) is 0 Å². The summed E-state index contributed by atoms with van der Waals surface area (Å²) < 4.78 is 1.20. The molecule has 0 saturated carbocycles. The molecule has 0 aliphatic heterocycles. The minimum absolute atomic E-state index is 1.00. The van der Waals surface area contributed by atoms with Crippen LogP contribution in [0.3, 0.4) is 0 Å². The first-order valence-corrected chi connectivity index (χ1v) is 5.54.